The van der Waals surface area contributed by atoms with Crippen LogP contribution >= 0.6 is 0 Å². The molecule has 152 valence electrons. The van der Waals surface area contributed by atoms with Crippen molar-refractivity contribution >= 4 is 17.6 Å². The molecule has 1 amide bonds. The Morgan fingerprint density at radius 3 is 2.53 bits per heavy atom. The van der Waals surface area contributed by atoms with Gasteiger partial charge in [0, 0.05) is 38.5 Å². The highest BCUT2D eigenvalue weighted by Gasteiger charge is 2.31. The molecule has 2 N–H and O–H groups in total. The van der Waals surface area contributed by atoms with Crippen LogP contribution in [0.15, 0.2) is 60.0 Å². The molecule has 0 bridgehead atoms. The predicted octanol–water partition coefficient (Wildman–Crippen LogP) is 2.15. The van der Waals surface area contributed by atoms with Gasteiger partial charge in [-0.25, -0.2) is 9.97 Å². The number of nitrogens with zero attached hydrogens (tertiary/aromatic N) is 6. The molecule has 0 fully saturated rings. The Morgan fingerprint density at radius 1 is 1.10 bits per heavy atom. The SMILES string of the molecule is CN(C)C(=O)c1ccc(-c2cnc(N)c(C3OC(c4ccccn4)=NN3C)n2)cc1. The van der Waals surface area contributed by atoms with E-state index < -0.39 is 6.23 Å². The number of nitrogens with two attached hydrogens (primary N) is 1. The standard InChI is InChI=1S/C21H21N7O2/c1-27(2)20(29)14-9-7-13(8-10-14)16-12-24-18(22)17(25-16)21-28(3)26-19(30-21)15-6-4-5-11-23-15/h4-12,21H,1-3H3,(H2,22,24). The molecule has 3 heterocycles. The quantitative estimate of drug-likeness (QED) is 0.711. The zero-order chi connectivity index (χ0) is 21.3. The number of anilines is 1. The highest BCUT2D eigenvalue weighted by atomic mass is 16.5. The molecular formula is C21H21N7O2. The van der Waals surface area contributed by atoms with E-state index in [1.54, 1.807) is 50.7 Å². The summed E-state index contributed by atoms with van der Waals surface area (Å²) < 4.78 is 5.98. The minimum atomic E-state index is -0.621. The molecule has 0 aliphatic carbocycles. The number of hydrogen-bond donors (Lipinski definition) is 1. The van der Waals surface area contributed by atoms with Crippen LogP contribution in [0.1, 0.15) is 28.0 Å². The minimum Gasteiger partial charge on any atom is -0.443 e. The predicted molar refractivity (Wildman–Crippen MR) is 112 cm³/mol. The summed E-state index contributed by atoms with van der Waals surface area (Å²) in [6.45, 7) is 0. The molecule has 0 saturated heterocycles. The molecule has 0 saturated carbocycles. The third kappa shape index (κ3) is 3.64. The Bertz CT molecular complexity index is 1100. The molecule has 9 nitrogen and oxygen atoms in total. The summed E-state index contributed by atoms with van der Waals surface area (Å²) in [5, 5.41) is 6.04. The van der Waals surface area contributed by atoms with Crippen molar-refractivity contribution in [2.24, 2.45) is 5.10 Å². The van der Waals surface area contributed by atoms with Crippen LogP contribution in [0.4, 0.5) is 5.82 Å². The molecule has 3 aromatic rings. The zero-order valence-electron chi connectivity index (χ0n) is 16.9. The molecule has 2 aromatic heterocycles. The summed E-state index contributed by atoms with van der Waals surface area (Å²) in [6, 6.07) is 12.7. The van der Waals surface area contributed by atoms with Crippen molar-refractivity contribution in [2.45, 2.75) is 6.23 Å². The van der Waals surface area contributed by atoms with Gasteiger partial charge in [-0.05, 0) is 24.3 Å². The summed E-state index contributed by atoms with van der Waals surface area (Å²) in [4.78, 5) is 26.8. The van der Waals surface area contributed by atoms with Gasteiger partial charge < -0.3 is 15.4 Å². The Balaban J connectivity index is 1.61. The minimum absolute atomic E-state index is 0.0641. The average molecular weight is 403 g/mol. The van der Waals surface area contributed by atoms with Gasteiger partial charge in [-0.15, -0.1) is 5.10 Å². The number of amides is 1. The van der Waals surface area contributed by atoms with Crippen LogP contribution < -0.4 is 5.73 Å². The third-order valence-electron chi connectivity index (χ3n) is 4.59. The topological polar surface area (TPSA) is 110 Å². The van der Waals surface area contributed by atoms with E-state index in [0.717, 1.165) is 5.56 Å². The first-order valence-electron chi connectivity index (χ1n) is 9.28. The zero-order valence-corrected chi connectivity index (χ0v) is 16.9. The first-order valence-corrected chi connectivity index (χ1v) is 9.28. The van der Waals surface area contributed by atoms with Crippen LogP contribution in [-0.2, 0) is 4.74 Å². The van der Waals surface area contributed by atoms with E-state index in [1.807, 2.05) is 30.3 Å². The molecule has 1 aliphatic rings. The van der Waals surface area contributed by atoms with E-state index in [9.17, 15) is 4.79 Å². The fourth-order valence-corrected chi connectivity index (χ4v) is 3.01. The molecule has 0 spiro atoms. The molecule has 0 radical (unpaired) electrons. The lowest BCUT2D eigenvalue weighted by Crippen LogP contribution is -2.21. The van der Waals surface area contributed by atoms with Gasteiger partial charge >= 0.3 is 0 Å². The lowest BCUT2D eigenvalue weighted by molar-refractivity contribution is 0.0743. The van der Waals surface area contributed by atoms with Gasteiger partial charge in [0.05, 0.1) is 11.9 Å². The van der Waals surface area contributed by atoms with Crippen molar-refractivity contribution < 1.29 is 9.53 Å². The Kier molecular flexibility index (Phi) is 5.01. The molecule has 1 atom stereocenters. The monoisotopic (exact) mass is 403 g/mol. The van der Waals surface area contributed by atoms with Crippen molar-refractivity contribution in [3.8, 4) is 11.3 Å². The molecule has 4 rings (SSSR count). The van der Waals surface area contributed by atoms with Crippen molar-refractivity contribution in [3.63, 3.8) is 0 Å². The number of carbonyl (C=O) groups excluding carboxylic acids is 1. The fourth-order valence-electron chi connectivity index (χ4n) is 3.01. The van der Waals surface area contributed by atoms with E-state index in [-0.39, 0.29) is 11.7 Å². The second-order valence-electron chi connectivity index (χ2n) is 6.97. The summed E-state index contributed by atoms with van der Waals surface area (Å²) in [5.41, 5.74) is 9.20. The van der Waals surface area contributed by atoms with Crippen molar-refractivity contribution in [2.75, 3.05) is 26.9 Å². The number of rotatable bonds is 4. The van der Waals surface area contributed by atoms with E-state index in [1.165, 1.54) is 4.90 Å². The van der Waals surface area contributed by atoms with Crippen LogP contribution in [0, 0.1) is 0 Å². The second-order valence-corrected chi connectivity index (χ2v) is 6.97. The van der Waals surface area contributed by atoms with Crippen molar-refractivity contribution in [1.82, 2.24) is 24.9 Å². The molecular weight excluding hydrogens is 382 g/mol. The molecule has 30 heavy (non-hydrogen) atoms. The largest absolute Gasteiger partial charge is 0.443 e. The molecule has 1 aromatic carbocycles. The maximum atomic E-state index is 12.1. The Hall–Kier alpha value is -4.01. The number of hydrazone groups is 1. The lowest BCUT2D eigenvalue weighted by Gasteiger charge is -2.19. The number of aromatic nitrogens is 3. The molecule has 9 heteroatoms. The van der Waals surface area contributed by atoms with E-state index >= 15 is 0 Å². The number of benzene rings is 1. The van der Waals surface area contributed by atoms with Crippen LogP contribution in [0.3, 0.4) is 0 Å². The van der Waals surface area contributed by atoms with Crippen molar-refractivity contribution in [3.05, 3.63) is 71.8 Å². The Morgan fingerprint density at radius 2 is 1.87 bits per heavy atom. The maximum Gasteiger partial charge on any atom is 0.259 e. The van der Waals surface area contributed by atoms with Crippen LogP contribution in [-0.4, -0.2) is 57.8 Å². The van der Waals surface area contributed by atoms with Gasteiger partial charge in [0.15, 0.2) is 5.82 Å². The van der Waals surface area contributed by atoms with Gasteiger partial charge in [-0.3, -0.25) is 14.8 Å². The van der Waals surface area contributed by atoms with Crippen LogP contribution in [0.5, 0.6) is 0 Å². The molecule has 1 aliphatic heterocycles. The number of ether oxygens (including phenoxy) is 1. The van der Waals surface area contributed by atoms with Crippen LogP contribution in [0.2, 0.25) is 0 Å². The van der Waals surface area contributed by atoms with Gasteiger partial charge in [-0.1, -0.05) is 18.2 Å². The highest BCUT2D eigenvalue weighted by Crippen LogP contribution is 2.31. The summed E-state index contributed by atoms with van der Waals surface area (Å²) >= 11 is 0. The first-order chi connectivity index (χ1) is 14.4. The normalized spacial score (nSPS) is 15.5. The summed E-state index contributed by atoms with van der Waals surface area (Å²) in [6.07, 6.45) is 2.65. The van der Waals surface area contributed by atoms with Crippen LogP contribution in [0.25, 0.3) is 11.3 Å². The Labute approximate surface area is 173 Å². The summed E-state index contributed by atoms with van der Waals surface area (Å²) in [5.74, 6) is 0.583. The number of carbonyl (C=O) groups is 1. The molecule has 1 unspecified atom stereocenters. The lowest BCUT2D eigenvalue weighted by atomic mass is 10.1. The number of hydrogen-bond acceptors (Lipinski definition) is 8. The third-order valence-corrected chi connectivity index (χ3v) is 4.59. The van der Waals surface area contributed by atoms with E-state index in [0.29, 0.717) is 28.5 Å². The van der Waals surface area contributed by atoms with Crippen molar-refractivity contribution in [1.29, 1.82) is 0 Å². The van der Waals surface area contributed by atoms with Gasteiger partial charge in [0.1, 0.15) is 11.4 Å². The second kappa shape index (κ2) is 7.78. The smallest absolute Gasteiger partial charge is 0.259 e. The van der Waals surface area contributed by atoms with E-state index in [4.69, 9.17) is 10.5 Å². The van der Waals surface area contributed by atoms with E-state index in [2.05, 4.69) is 20.1 Å². The highest BCUT2D eigenvalue weighted by molar-refractivity contribution is 5.94. The number of nitrogen functional groups attached to an aromatic ring is 1. The van der Waals surface area contributed by atoms with Gasteiger partial charge in [0.2, 0.25) is 6.23 Å². The van der Waals surface area contributed by atoms with Gasteiger partial charge in [0.25, 0.3) is 11.8 Å². The number of pyridine rings is 1. The maximum absolute atomic E-state index is 12.1. The fraction of sp³-hybridized carbons (Fsp3) is 0.190. The average Bonchev–Trinajstić information content (AvgIpc) is 3.15. The van der Waals surface area contributed by atoms with Gasteiger partial charge in [-0.2, -0.15) is 0 Å². The summed E-state index contributed by atoms with van der Waals surface area (Å²) in [7, 11) is 5.21. The first kappa shape index (κ1) is 19.3.